The van der Waals surface area contributed by atoms with Crippen molar-refractivity contribution in [2.75, 3.05) is 19.9 Å². The molecule has 1 aromatic carbocycles. The van der Waals surface area contributed by atoms with Crippen molar-refractivity contribution in [3.63, 3.8) is 0 Å². The second-order valence-corrected chi connectivity index (χ2v) is 5.88. The van der Waals surface area contributed by atoms with Crippen LogP contribution in [-0.2, 0) is 0 Å². The lowest BCUT2D eigenvalue weighted by molar-refractivity contribution is 0.0880. The van der Waals surface area contributed by atoms with Crippen LogP contribution in [0.2, 0.25) is 5.02 Å². The first-order valence-corrected chi connectivity index (χ1v) is 7.63. The van der Waals surface area contributed by atoms with Gasteiger partial charge in [-0.05, 0) is 19.0 Å². The number of nitrogens with one attached hydrogen (secondary N) is 1. The van der Waals surface area contributed by atoms with Gasteiger partial charge in [0.2, 0.25) is 6.79 Å². The van der Waals surface area contributed by atoms with Crippen LogP contribution in [0.1, 0.15) is 12.5 Å². The van der Waals surface area contributed by atoms with E-state index in [4.69, 9.17) is 21.1 Å². The van der Waals surface area contributed by atoms with Crippen molar-refractivity contribution in [3.8, 4) is 22.9 Å². The van der Waals surface area contributed by atoms with Crippen LogP contribution in [0.4, 0.5) is 0 Å². The van der Waals surface area contributed by atoms with Crippen molar-refractivity contribution in [2.45, 2.75) is 18.6 Å². The minimum absolute atomic E-state index is 0.0137. The van der Waals surface area contributed by atoms with E-state index in [0.29, 0.717) is 23.1 Å². The average molecular weight is 322 g/mol. The monoisotopic (exact) mass is 321 g/mol. The average Bonchev–Trinajstić information content (AvgIpc) is 3.15. The molecule has 6 nitrogen and oxygen atoms in total. The molecule has 22 heavy (non-hydrogen) atoms. The van der Waals surface area contributed by atoms with Gasteiger partial charge in [-0.3, -0.25) is 0 Å². The van der Waals surface area contributed by atoms with E-state index < -0.39 is 6.10 Å². The van der Waals surface area contributed by atoms with Crippen LogP contribution in [0, 0.1) is 0 Å². The first-order valence-electron chi connectivity index (χ1n) is 7.25. The number of β-amino-alcohol motifs (C(OH)–C–C–N with tert-alkyl or cyclic N) is 1. The first-order chi connectivity index (χ1) is 10.7. The Kier molecular flexibility index (Phi) is 3.44. The van der Waals surface area contributed by atoms with Gasteiger partial charge in [-0.1, -0.05) is 11.6 Å². The van der Waals surface area contributed by atoms with Crippen LogP contribution in [0.25, 0.3) is 11.4 Å². The molecular formula is C15H16ClN3O3. The zero-order valence-corrected chi connectivity index (χ0v) is 12.6. The number of imidazole rings is 1. The summed E-state index contributed by atoms with van der Waals surface area (Å²) in [5.74, 6) is 2.04. The summed E-state index contributed by atoms with van der Waals surface area (Å²) in [6.07, 6.45) is 4.00. The molecule has 1 aromatic heterocycles. The number of piperidine rings is 1. The number of aliphatic hydroxyl groups excluding tert-OH is 1. The van der Waals surface area contributed by atoms with Crippen LogP contribution in [-0.4, -0.2) is 40.6 Å². The number of aromatic nitrogens is 2. The Balaban J connectivity index is 1.76. The Morgan fingerprint density at radius 3 is 2.95 bits per heavy atom. The smallest absolute Gasteiger partial charge is 0.231 e. The van der Waals surface area contributed by atoms with E-state index in [1.165, 1.54) is 0 Å². The number of ether oxygens (including phenoxy) is 2. The number of halogens is 1. The molecule has 2 aliphatic heterocycles. The Hall–Kier alpha value is -1.76. The molecule has 2 N–H and O–H groups in total. The molecule has 0 aliphatic carbocycles. The van der Waals surface area contributed by atoms with Crippen molar-refractivity contribution in [1.29, 1.82) is 0 Å². The van der Waals surface area contributed by atoms with Gasteiger partial charge in [-0.25, -0.2) is 4.98 Å². The predicted octanol–water partition coefficient (Wildman–Crippen LogP) is 1.83. The van der Waals surface area contributed by atoms with Crippen LogP contribution in [0.5, 0.6) is 11.5 Å². The van der Waals surface area contributed by atoms with Crippen molar-refractivity contribution >= 4 is 11.6 Å². The molecule has 0 unspecified atom stereocenters. The van der Waals surface area contributed by atoms with Gasteiger partial charge >= 0.3 is 0 Å². The number of hydrogen-bond donors (Lipinski definition) is 2. The highest BCUT2D eigenvalue weighted by atomic mass is 35.5. The third kappa shape index (κ3) is 2.24. The molecule has 1 fully saturated rings. The van der Waals surface area contributed by atoms with Gasteiger partial charge < -0.3 is 24.5 Å². The maximum atomic E-state index is 10.2. The minimum Gasteiger partial charge on any atom is -0.454 e. The summed E-state index contributed by atoms with van der Waals surface area (Å²) < 4.78 is 12.7. The van der Waals surface area contributed by atoms with E-state index in [9.17, 15) is 5.11 Å². The van der Waals surface area contributed by atoms with Crippen molar-refractivity contribution in [2.24, 2.45) is 0 Å². The number of fused-ring (bicyclic) bond motifs is 1. The summed E-state index contributed by atoms with van der Waals surface area (Å²) >= 11 is 6.38. The number of rotatable bonds is 2. The summed E-state index contributed by atoms with van der Waals surface area (Å²) in [5, 5.41) is 14.0. The largest absolute Gasteiger partial charge is 0.454 e. The normalized spacial score (nSPS) is 23.7. The van der Waals surface area contributed by atoms with E-state index in [-0.39, 0.29) is 12.8 Å². The van der Waals surface area contributed by atoms with Gasteiger partial charge in [-0.15, -0.1) is 0 Å². The van der Waals surface area contributed by atoms with E-state index in [1.807, 2.05) is 16.8 Å². The molecule has 2 aliphatic rings. The molecule has 0 bridgehead atoms. The summed E-state index contributed by atoms with van der Waals surface area (Å²) in [6.45, 7) is 1.65. The van der Waals surface area contributed by atoms with Gasteiger partial charge in [-0.2, -0.15) is 0 Å². The first kappa shape index (κ1) is 13.9. The minimum atomic E-state index is -0.450. The van der Waals surface area contributed by atoms with E-state index in [0.717, 1.165) is 24.4 Å². The number of benzene rings is 1. The van der Waals surface area contributed by atoms with Crippen molar-refractivity contribution in [3.05, 3.63) is 29.5 Å². The zero-order chi connectivity index (χ0) is 15.1. The third-order valence-corrected chi connectivity index (χ3v) is 4.46. The molecular weight excluding hydrogens is 306 g/mol. The fraction of sp³-hybridized carbons (Fsp3) is 0.400. The fourth-order valence-electron chi connectivity index (χ4n) is 3.03. The fourth-order valence-corrected chi connectivity index (χ4v) is 3.27. The SMILES string of the molecule is O[C@H]1CNCC[C@@H]1n1ccnc1-c1cc2c(cc1Cl)OCO2. The summed E-state index contributed by atoms with van der Waals surface area (Å²) in [5.41, 5.74) is 0.779. The molecule has 3 heterocycles. The van der Waals surface area contributed by atoms with E-state index in [1.54, 1.807) is 12.3 Å². The molecule has 0 saturated carbocycles. The summed E-state index contributed by atoms with van der Waals surface area (Å²) in [7, 11) is 0. The Morgan fingerprint density at radius 2 is 2.14 bits per heavy atom. The lowest BCUT2D eigenvalue weighted by atomic mass is 10.0. The third-order valence-electron chi connectivity index (χ3n) is 4.14. The highest BCUT2D eigenvalue weighted by Crippen LogP contribution is 2.41. The van der Waals surface area contributed by atoms with Gasteiger partial charge in [0, 0.05) is 30.6 Å². The second kappa shape index (κ2) is 5.46. The van der Waals surface area contributed by atoms with Crippen LogP contribution < -0.4 is 14.8 Å². The van der Waals surface area contributed by atoms with E-state index >= 15 is 0 Å². The van der Waals surface area contributed by atoms with Gasteiger partial charge in [0.1, 0.15) is 5.82 Å². The maximum Gasteiger partial charge on any atom is 0.231 e. The maximum absolute atomic E-state index is 10.2. The standard InChI is InChI=1S/C15H16ClN3O3/c16-10-6-14-13(21-8-22-14)5-9(10)15-18-3-4-19(15)11-1-2-17-7-12(11)20/h3-6,11-12,17,20H,1-2,7-8H2/t11-,12-/m0/s1. The van der Waals surface area contributed by atoms with Crippen molar-refractivity contribution in [1.82, 2.24) is 14.9 Å². The quantitative estimate of drug-likeness (QED) is 0.883. The van der Waals surface area contributed by atoms with Crippen LogP contribution in [0.3, 0.4) is 0 Å². The van der Waals surface area contributed by atoms with Crippen molar-refractivity contribution < 1.29 is 14.6 Å². The Labute approximate surface area is 132 Å². The molecule has 2 atom stereocenters. The van der Waals surface area contributed by atoms with Crippen LogP contribution >= 0.6 is 11.6 Å². The highest BCUT2D eigenvalue weighted by molar-refractivity contribution is 6.33. The number of hydrogen-bond acceptors (Lipinski definition) is 5. The Bertz CT molecular complexity index is 703. The summed E-state index contributed by atoms with van der Waals surface area (Å²) in [4.78, 5) is 4.43. The highest BCUT2D eigenvalue weighted by Gasteiger charge is 2.27. The predicted molar refractivity (Wildman–Crippen MR) is 81.3 cm³/mol. The van der Waals surface area contributed by atoms with E-state index in [2.05, 4.69) is 10.3 Å². The second-order valence-electron chi connectivity index (χ2n) is 5.47. The molecule has 0 radical (unpaired) electrons. The molecule has 4 rings (SSSR count). The lowest BCUT2D eigenvalue weighted by Crippen LogP contribution is -2.41. The topological polar surface area (TPSA) is 68.5 Å². The molecule has 0 spiro atoms. The number of aliphatic hydroxyl groups is 1. The lowest BCUT2D eigenvalue weighted by Gasteiger charge is -2.30. The Morgan fingerprint density at radius 1 is 1.32 bits per heavy atom. The van der Waals surface area contributed by atoms with Crippen LogP contribution in [0.15, 0.2) is 24.5 Å². The number of nitrogens with zero attached hydrogens (tertiary/aromatic N) is 2. The molecule has 1 saturated heterocycles. The molecule has 0 amide bonds. The summed E-state index contributed by atoms with van der Waals surface area (Å²) in [6, 6.07) is 3.58. The van der Waals surface area contributed by atoms with Gasteiger partial charge in [0.05, 0.1) is 17.2 Å². The zero-order valence-electron chi connectivity index (χ0n) is 11.8. The molecule has 7 heteroatoms. The molecule has 2 aromatic rings. The van der Waals surface area contributed by atoms with Gasteiger partial charge in [0.25, 0.3) is 0 Å². The molecule has 116 valence electrons. The van der Waals surface area contributed by atoms with Gasteiger partial charge in [0.15, 0.2) is 11.5 Å².